The van der Waals surface area contributed by atoms with E-state index < -0.39 is 14.3 Å². The predicted molar refractivity (Wildman–Crippen MR) is 146 cm³/mol. The number of nitrogens with one attached hydrogen (secondary N) is 1. The van der Waals surface area contributed by atoms with E-state index in [9.17, 15) is 9.18 Å². The number of fused-ring (bicyclic) bond motifs is 1. The SMILES string of the molecule is CCOC(=O)c1cnn2ccc(N[C@H](C)c3cc(F)ccc3S[C@@H](C)CO[Si](C)(C)C(C)(C)C)nc12. The number of benzene rings is 1. The lowest BCUT2D eigenvalue weighted by Gasteiger charge is -2.37. The number of aromatic nitrogens is 3. The molecular formula is C26H37FN4O3SSi. The largest absolute Gasteiger partial charge is 0.462 e. The molecule has 36 heavy (non-hydrogen) atoms. The van der Waals surface area contributed by atoms with Gasteiger partial charge in [-0.25, -0.2) is 18.7 Å². The van der Waals surface area contributed by atoms with Crippen LogP contribution in [0.1, 0.15) is 63.5 Å². The molecule has 2 aromatic heterocycles. The van der Waals surface area contributed by atoms with Gasteiger partial charge in [-0.05, 0) is 61.8 Å². The van der Waals surface area contributed by atoms with Crippen LogP contribution >= 0.6 is 11.8 Å². The van der Waals surface area contributed by atoms with Crippen LogP contribution in [-0.4, -0.2) is 47.3 Å². The maximum atomic E-state index is 14.3. The van der Waals surface area contributed by atoms with Crippen LogP contribution in [0.4, 0.5) is 10.2 Å². The number of anilines is 1. The first-order valence-corrected chi connectivity index (χ1v) is 16.0. The van der Waals surface area contributed by atoms with Crippen LogP contribution in [0.3, 0.4) is 0 Å². The molecule has 2 heterocycles. The Balaban J connectivity index is 1.77. The molecule has 0 radical (unpaired) electrons. The minimum atomic E-state index is -1.85. The van der Waals surface area contributed by atoms with Gasteiger partial charge >= 0.3 is 5.97 Å². The highest BCUT2D eigenvalue weighted by atomic mass is 32.2. The summed E-state index contributed by atoms with van der Waals surface area (Å²) in [7, 11) is -1.85. The van der Waals surface area contributed by atoms with Crippen LogP contribution in [0.2, 0.25) is 18.1 Å². The first-order chi connectivity index (χ1) is 16.8. The van der Waals surface area contributed by atoms with Gasteiger partial charge in [0.15, 0.2) is 14.0 Å². The lowest BCUT2D eigenvalue weighted by molar-refractivity contribution is 0.0528. The van der Waals surface area contributed by atoms with Gasteiger partial charge in [-0.3, -0.25) is 0 Å². The Kier molecular flexibility index (Phi) is 8.84. The predicted octanol–water partition coefficient (Wildman–Crippen LogP) is 6.72. The third kappa shape index (κ3) is 6.66. The number of nitrogens with zero attached hydrogens (tertiary/aromatic N) is 3. The van der Waals surface area contributed by atoms with Gasteiger partial charge in [-0.1, -0.05) is 27.7 Å². The van der Waals surface area contributed by atoms with Crippen LogP contribution in [0.5, 0.6) is 0 Å². The van der Waals surface area contributed by atoms with Crippen LogP contribution in [0.25, 0.3) is 5.65 Å². The number of thioether (sulfide) groups is 1. The Hall–Kier alpha value is -2.43. The summed E-state index contributed by atoms with van der Waals surface area (Å²) in [5.74, 6) is -0.213. The molecule has 2 atom stereocenters. The summed E-state index contributed by atoms with van der Waals surface area (Å²) < 4.78 is 27.3. The Morgan fingerprint density at radius 3 is 2.64 bits per heavy atom. The van der Waals surface area contributed by atoms with E-state index >= 15 is 0 Å². The molecule has 0 aliphatic rings. The van der Waals surface area contributed by atoms with E-state index in [1.165, 1.54) is 16.8 Å². The molecule has 0 spiro atoms. The number of hydrogen-bond acceptors (Lipinski definition) is 7. The zero-order valence-electron chi connectivity index (χ0n) is 22.4. The number of rotatable bonds is 10. The molecule has 0 saturated heterocycles. The zero-order valence-corrected chi connectivity index (χ0v) is 24.2. The van der Waals surface area contributed by atoms with Gasteiger partial charge in [0.2, 0.25) is 0 Å². The van der Waals surface area contributed by atoms with E-state index in [1.54, 1.807) is 37.0 Å². The molecule has 1 aromatic carbocycles. The van der Waals surface area contributed by atoms with Crippen molar-refractivity contribution in [3.8, 4) is 0 Å². The van der Waals surface area contributed by atoms with Crippen molar-refractivity contribution in [3.05, 3.63) is 53.6 Å². The van der Waals surface area contributed by atoms with Crippen molar-refractivity contribution in [2.24, 2.45) is 0 Å². The number of carbonyl (C=O) groups excluding carboxylic acids is 1. The summed E-state index contributed by atoms with van der Waals surface area (Å²) in [6.07, 6.45) is 3.17. The average Bonchev–Trinajstić information content (AvgIpc) is 3.21. The summed E-state index contributed by atoms with van der Waals surface area (Å²) in [6, 6.07) is 6.40. The summed E-state index contributed by atoms with van der Waals surface area (Å²) in [5.41, 5.74) is 1.53. The first-order valence-electron chi connectivity index (χ1n) is 12.2. The second-order valence-corrected chi connectivity index (χ2v) is 16.7. The molecule has 10 heteroatoms. The van der Waals surface area contributed by atoms with E-state index in [0.717, 1.165) is 10.5 Å². The molecule has 0 aliphatic heterocycles. The lowest BCUT2D eigenvalue weighted by Crippen LogP contribution is -2.42. The first kappa shape index (κ1) is 28.1. The molecule has 0 fully saturated rings. The molecule has 0 aliphatic carbocycles. The molecule has 1 N–H and O–H groups in total. The van der Waals surface area contributed by atoms with Crippen LogP contribution in [-0.2, 0) is 9.16 Å². The zero-order chi connectivity index (χ0) is 26.7. The number of ether oxygens (including phenoxy) is 1. The van der Waals surface area contributed by atoms with Gasteiger partial charge in [0.05, 0.1) is 18.8 Å². The Morgan fingerprint density at radius 1 is 1.25 bits per heavy atom. The van der Waals surface area contributed by atoms with Crippen molar-refractivity contribution in [3.63, 3.8) is 0 Å². The quantitative estimate of drug-likeness (QED) is 0.176. The van der Waals surface area contributed by atoms with E-state index in [0.29, 0.717) is 23.6 Å². The third-order valence-corrected chi connectivity index (χ3v) is 12.1. The highest BCUT2D eigenvalue weighted by Gasteiger charge is 2.37. The Bertz CT molecular complexity index is 1210. The van der Waals surface area contributed by atoms with Crippen molar-refractivity contribution in [2.45, 2.75) is 75.9 Å². The van der Waals surface area contributed by atoms with Gasteiger partial charge in [0, 0.05) is 22.9 Å². The standard InChI is InChI=1S/C26H37FN4O3SSi/c1-9-33-25(32)21-15-28-31-13-12-23(30-24(21)31)29-18(3)20-14-19(27)10-11-22(20)35-17(2)16-34-36(7,8)26(4,5)6/h10-15,17-18H,9,16H2,1-8H3,(H,29,30)/t17-,18+/m0/s1. The Morgan fingerprint density at radius 2 is 1.97 bits per heavy atom. The van der Waals surface area contributed by atoms with Crippen LogP contribution in [0, 0.1) is 5.82 Å². The van der Waals surface area contributed by atoms with E-state index in [4.69, 9.17) is 9.16 Å². The fourth-order valence-corrected chi connectivity index (χ4v) is 5.67. The normalized spacial score (nSPS) is 14.0. The molecule has 0 saturated carbocycles. The van der Waals surface area contributed by atoms with Crippen molar-refractivity contribution in [1.29, 1.82) is 0 Å². The maximum Gasteiger partial charge on any atom is 0.343 e. The molecule has 3 rings (SSSR count). The van der Waals surface area contributed by atoms with Crippen molar-refractivity contribution in [1.82, 2.24) is 14.6 Å². The topological polar surface area (TPSA) is 77.8 Å². The van der Waals surface area contributed by atoms with Gasteiger partial charge in [-0.15, -0.1) is 11.8 Å². The Labute approximate surface area is 218 Å². The lowest BCUT2D eigenvalue weighted by atomic mass is 10.1. The van der Waals surface area contributed by atoms with E-state index in [-0.39, 0.29) is 28.8 Å². The minimum absolute atomic E-state index is 0.146. The van der Waals surface area contributed by atoms with Crippen LogP contribution in [0.15, 0.2) is 41.6 Å². The second kappa shape index (κ2) is 11.3. The number of esters is 1. The number of carbonyl (C=O) groups is 1. The molecule has 7 nitrogen and oxygen atoms in total. The molecule has 196 valence electrons. The van der Waals surface area contributed by atoms with Gasteiger partial charge in [0.1, 0.15) is 17.2 Å². The summed E-state index contributed by atoms with van der Waals surface area (Å²) in [4.78, 5) is 17.8. The number of halogens is 1. The second-order valence-electron chi connectivity index (χ2n) is 10.4. The van der Waals surface area contributed by atoms with Crippen LogP contribution < -0.4 is 5.32 Å². The molecule has 0 unspecified atom stereocenters. The average molecular weight is 533 g/mol. The highest BCUT2D eigenvalue weighted by Crippen LogP contribution is 2.38. The maximum absolute atomic E-state index is 14.3. The summed E-state index contributed by atoms with van der Waals surface area (Å²) >= 11 is 1.68. The minimum Gasteiger partial charge on any atom is -0.462 e. The highest BCUT2D eigenvalue weighted by molar-refractivity contribution is 8.00. The summed E-state index contributed by atoms with van der Waals surface area (Å²) in [6.45, 7) is 17.9. The molecule has 0 bridgehead atoms. The summed E-state index contributed by atoms with van der Waals surface area (Å²) in [5, 5.41) is 7.86. The monoisotopic (exact) mass is 532 g/mol. The molecular weight excluding hydrogens is 495 g/mol. The van der Waals surface area contributed by atoms with E-state index in [2.05, 4.69) is 56.2 Å². The van der Waals surface area contributed by atoms with Gasteiger partial charge in [-0.2, -0.15) is 5.10 Å². The fraction of sp³-hybridized carbons (Fsp3) is 0.500. The molecule has 3 aromatic rings. The molecule has 0 amide bonds. The smallest absolute Gasteiger partial charge is 0.343 e. The fourth-order valence-electron chi connectivity index (χ4n) is 3.36. The third-order valence-electron chi connectivity index (χ3n) is 6.48. The van der Waals surface area contributed by atoms with Gasteiger partial charge < -0.3 is 14.5 Å². The van der Waals surface area contributed by atoms with Gasteiger partial charge in [0.25, 0.3) is 0 Å². The van der Waals surface area contributed by atoms with Crippen molar-refractivity contribution in [2.75, 3.05) is 18.5 Å². The van der Waals surface area contributed by atoms with E-state index in [1.807, 2.05) is 13.0 Å². The van der Waals surface area contributed by atoms with Crippen molar-refractivity contribution < 1.29 is 18.3 Å². The number of hydrogen-bond donors (Lipinski definition) is 1. The van der Waals surface area contributed by atoms with Crippen molar-refractivity contribution >= 4 is 37.5 Å².